The van der Waals surface area contributed by atoms with Gasteiger partial charge in [0, 0.05) is 5.56 Å². The Hall–Kier alpha value is -1.68. The summed E-state index contributed by atoms with van der Waals surface area (Å²) in [5, 5.41) is 4.62. The van der Waals surface area contributed by atoms with Crippen molar-refractivity contribution in [1.82, 2.24) is 14.6 Å². The fourth-order valence-corrected chi connectivity index (χ4v) is 2.61. The molecule has 0 bridgehead atoms. The van der Waals surface area contributed by atoms with Crippen molar-refractivity contribution in [3.8, 4) is 11.3 Å². The molecule has 0 spiro atoms. The average Bonchev–Trinajstić information content (AvgIpc) is 2.75. The van der Waals surface area contributed by atoms with E-state index in [1.54, 1.807) is 4.52 Å². The SMILES string of the molecule is Cc1ccc(-c2ccc3nc(Br)cn3n2)c(C)c1C. The zero-order chi connectivity index (χ0) is 13.6. The first-order valence-corrected chi connectivity index (χ1v) is 6.94. The van der Waals surface area contributed by atoms with Crippen LogP contribution >= 0.6 is 15.9 Å². The van der Waals surface area contributed by atoms with E-state index in [4.69, 9.17) is 0 Å². The molecule has 2 aromatic heterocycles. The lowest BCUT2D eigenvalue weighted by Gasteiger charge is -2.10. The minimum atomic E-state index is 0.800. The molecule has 3 rings (SSSR count). The van der Waals surface area contributed by atoms with Crippen LogP contribution < -0.4 is 0 Å². The van der Waals surface area contributed by atoms with Crippen molar-refractivity contribution in [2.75, 3.05) is 0 Å². The Bertz CT molecular complexity index is 774. The van der Waals surface area contributed by atoms with Crippen LogP contribution in [-0.2, 0) is 0 Å². The van der Waals surface area contributed by atoms with E-state index in [2.05, 4.69) is 58.9 Å². The zero-order valence-corrected chi connectivity index (χ0v) is 12.7. The molecule has 96 valence electrons. The summed E-state index contributed by atoms with van der Waals surface area (Å²) < 4.78 is 2.60. The maximum atomic E-state index is 4.62. The largest absolute Gasteiger partial charge is 0.220 e. The van der Waals surface area contributed by atoms with E-state index < -0.39 is 0 Å². The van der Waals surface area contributed by atoms with E-state index in [0.29, 0.717) is 0 Å². The number of benzene rings is 1. The minimum Gasteiger partial charge on any atom is -0.220 e. The van der Waals surface area contributed by atoms with Crippen LogP contribution in [0.15, 0.2) is 35.1 Å². The molecule has 0 unspecified atom stereocenters. The van der Waals surface area contributed by atoms with Gasteiger partial charge in [-0.1, -0.05) is 12.1 Å². The first kappa shape index (κ1) is 12.4. The summed E-state index contributed by atoms with van der Waals surface area (Å²) in [6.45, 7) is 6.43. The maximum absolute atomic E-state index is 4.62. The van der Waals surface area contributed by atoms with Gasteiger partial charge in [0.1, 0.15) is 4.60 Å². The third-order valence-electron chi connectivity index (χ3n) is 3.62. The molecule has 0 aliphatic heterocycles. The van der Waals surface area contributed by atoms with Crippen LogP contribution in [0.5, 0.6) is 0 Å². The molecule has 0 saturated carbocycles. The van der Waals surface area contributed by atoms with Crippen molar-refractivity contribution in [2.24, 2.45) is 0 Å². The lowest BCUT2D eigenvalue weighted by molar-refractivity contribution is 0.940. The van der Waals surface area contributed by atoms with Crippen molar-refractivity contribution in [3.63, 3.8) is 0 Å². The van der Waals surface area contributed by atoms with Crippen LogP contribution in [0.25, 0.3) is 16.9 Å². The van der Waals surface area contributed by atoms with Gasteiger partial charge < -0.3 is 0 Å². The second-order valence-electron chi connectivity index (χ2n) is 4.76. The van der Waals surface area contributed by atoms with Crippen molar-refractivity contribution >= 4 is 21.6 Å². The number of imidazole rings is 1. The lowest BCUT2D eigenvalue weighted by Crippen LogP contribution is -1.96. The summed E-state index contributed by atoms with van der Waals surface area (Å²) in [6, 6.07) is 8.29. The summed E-state index contributed by atoms with van der Waals surface area (Å²) in [4.78, 5) is 4.32. The van der Waals surface area contributed by atoms with Crippen molar-refractivity contribution in [2.45, 2.75) is 20.8 Å². The third kappa shape index (κ3) is 2.06. The van der Waals surface area contributed by atoms with Gasteiger partial charge in [-0.2, -0.15) is 5.10 Å². The van der Waals surface area contributed by atoms with Gasteiger partial charge >= 0.3 is 0 Å². The van der Waals surface area contributed by atoms with E-state index in [1.807, 2.05) is 18.3 Å². The van der Waals surface area contributed by atoms with Gasteiger partial charge in [0.15, 0.2) is 5.65 Å². The summed E-state index contributed by atoms with van der Waals surface area (Å²) in [7, 11) is 0. The zero-order valence-electron chi connectivity index (χ0n) is 11.1. The molecule has 0 atom stereocenters. The fourth-order valence-electron chi connectivity index (χ4n) is 2.23. The molecule has 0 radical (unpaired) electrons. The topological polar surface area (TPSA) is 30.2 Å². The minimum absolute atomic E-state index is 0.800. The number of aromatic nitrogens is 3. The summed E-state index contributed by atoms with van der Waals surface area (Å²) >= 11 is 3.37. The standard InChI is InChI=1S/C15H14BrN3/c1-9-4-5-12(11(3)10(9)2)13-6-7-15-17-14(16)8-19(15)18-13/h4-8H,1-3H3. The molecule has 0 N–H and O–H groups in total. The van der Waals surface area contributed by atoms with E-state index in [0.717, 1.165) is 15.9 Å². The molecule has 0 fully saturated rings. The van der Waals surface area contributed by atoms with Crippen molar-refractivity contribution in [1.29, 1.82) is 0 Å². The molecule has 3 aromatic rings. The van der Waals surface area contributed by atoms with Gasteiger partial charge in [0.25, 0.3) is 0 Å². The van der Waals surface area contributed by atoms with Gasteiger partial charge in [-0.3, -0.25) is 0 Å². The molecule has 1 aromatic carbocycles. The number of hydrogen-bond donors (Lipinski definition) is 0. The van der Waals surface area contributed by atoms with Gasteiger partial charge in [0.2, 0.25) is 0 Å². The Morgan fingerprint density at radius 2 is 1.79 bits per heavy atom. The average molecular weight is 316 g/mol. The second kappa shape index (κ2) is 4.46. The van der Waals surface area contributed by atoms with Crippen molar-refractivity contribution in [3.05, 3.63) is 51.8 Å². The van der Waals surface area contributed by atoms with Crippen LogP contribution in [0, 0.1) is 20.8 Å². The van der Waals surface area contributed by atoms with Gasteiger partial charge in [-0.25, -0.2) is 9.50 Å². The first-order valence-electron chi connectivity index (χ1n) is 6.15. The second-order valence-corrected chi connectivity index (χ2v) is 5.58. The molecular weight excluding hydrogens is 302 g/mol. The highest BCUT2D eigenvalue weighted by Crippen LogP contribution is 2.26. The monoisotopic (exact) mass is 315 g/mol. The Morgan fingerprint density at radius 3 is 2.58 bits per heavy atom. The predicted octanol–water partition coefficient (Wildman–Crippen LogP) is 4.08. The molecule has 0 amide bonds. The lowest BCUT2D eigenvalue weighted by atomic mass is 9.97. The number of aryl methyl sites for hydroxylation is 1. The van der Waals surface area contributed by atoms with Gasteiger partial charge in [0.05, 0.1) is 11.9 Å². The molecule has 2 heterocycles. The number of halogens is 1. The van der Waals surface area contributed by atoms with Crippen molar-refractivity contribution < 1.29 is 0 Å². The highest BCUT2D eigenvalue weighted by atomic mass is 79.9. The molecular formula is C15H14BrN3. The summed E-state index contributed by atoms with van der Waals surface area (Å²) in [5.74, 6) is 0. The highest BCUT2D eigenvalue weighted by Gasteiger charge is 2.09. The Labute approximate surface area is 120 Å². The van der Waals surface area contributed by atoms with Crippen LogP contribution in [0.2, 0.25) is 0 Å². The van der Waals surface area contributed by atoms with E-state index in [-0.39, 0.29) is 0 Å². The first-order chi connectivity index (χ1) is 9.06. The van der Waals surface area contributed by atoms with E-state index in [1.165, 1.54) is 22.3 Å². The predicted molar refractivity (Wildman–Crippen MR) is 80.3 cm³/mol. The van der Waals surface area contributed by atoms with Crippen LogP contribution in [-0.4, -0.2) is 14.6 Å². The van der Waals surface area contributed by atoms with Crippen LogP contribution in [0.1, 0.15) is 16.7 Å². The normalized spacial score (nSPS) is 11.2. The molecule has 19 heavy (non-hydrogen) atoms. The highest BCUT2D eigenvalue weighted by molar-refractivity contribution is 9.10. The number of hydrogen-bond acceptors (Lipinski definition) is 2. The third-order valence-corrected chi connectivity index (χ3v) is 4.01. The smallest absolute Gasteiger partial charge is 0.154 e. The molecule has 3 nitrogen and oxygen atoms in total. The number of nitrogens with zero attached hydrogens (tertiary/aromatic N) is 3. The fraction of sp³-hybridized carbons (Fsp3) is 0.200. The maximum Gasteiger partial charge on any atom is 0.154 e. The summed E-state index contributed by atoms with van der Waals surface area (Å²) in [5.41, 5.74) is 6.91. The number of rotatable bonds is 1. The van der Waals surface area contributed by atoms with Gasteiger partial charge in [-0.15, -0.1) is 0 Å². The van der Waals surface area contributed by atoms with Gasteiger partial charge in [-0.05, 0) is 65.5 Å². The van der Waals surface area contributed by atoms with E-state index in [9.17, 15) is 0 Å². The van der Waals surface area contributed by atoms with E-state index >= 15 is 0 Å². The molecule has 0 saturated heterocycles. The van der Waals surface area contributed by atoms with Crippen LogP contribution in [0.3, 0.4) is 0 Å². The molecule has 4 heteroatoms. The summed E-state index contributed by atoms with van der Waals surface area (Å²) in [6.07, 6.45) is 1.87. The molecule has 0 aliphatic rings. The Kier molecular flexibility index (Phi) is 2.90. The van der Waals surface area contributed by atoms with Crippen LogP contribution in [0.4, 0.5) is 0 Å². The number of fused-ring (bicyclic) bond motifs is 1. The Morgan fingerprint density at radius 1 is 1.00 bits per heavy atom. The quantitative estimate of drug-likeness (QED) is 0.677. The molecule has 0 aliphatic carbocycles. The Balaban J connectivity index is 2.21.